The van der Waals surface area contributed by atoms with E-state index in [1.807, 2.05) is 0 Å². The van der Waals surface area contributed by atoms with Gasteiger partial charge in [-0.25, -0.2) is 4.39 Å². The van der Waals surface area contributed by atoms with Gasteiger partial charge >= 0.3 is 0 Å². The number of hydrogen-bond donors (Lipinski definition) is 0. The smallest absolute Gasteiger partial charge is 0.271 e. The number of carbonyl (C=O) groups is 1. The Hall–Kier alpha value is -3.81. The summed E-state index contributed by atoms with van der Waals surface area (Å²) >= 11 is 0. The molecular formula is C19H12FN3O4. The van der Waals surface area contributed by atoms with Crippen molar-refractivity contribution in [1.82, 2.24) is 9.78 Å². The van der Waals surface area contributed by atoms with E-state index in [0.29, 0.717) is 34.2 Å². The van der Waals surface area contributed by atoms with Crippen LogP contribution in [0.5, 0.6) is 0 Å². The van der Waals surface area contributed by atoms with Gasteiger partial charge in [0.15, 0.2) is 17.8 Å². The summed E-state index contributed by atoms with van der Waals surface area (Å²) in [6.45, 7) is 0.0889. The summed E-state index contributed by atoms with van der Waals surface area (Å²) in [6.07, 6.45) is 0.576. The lowest BCUT2D eigenvalue weighted by molar-refractivity contribution is -0.384. The van der Waals surface area contributed by atoms with Crippen LogP contribution in [0.15, 0.2) is 59.0 Å². The molecule has 8 heteroatoms. The first kappa shape index (κ1) is 16.6. The summed E-state index contributed by atoms with van der Waals surface area (Å²) in [5.41, 5.74) is 1.18. The molecule has 0 aliphatic heterocycles. The molecule has 0 bridgehead atoms. The van der Waals surface area contributed by atoms with Crippen LogP contribution in [0, 0.1) is 15.9 Å². The Morgan fingerprint density at radius 2 is 2.00 bits per heavy atom. The van der Waals surface area contributed by atoms with E-state index in [2.05, 4.69) is 5.10 Å². The first-order chi connectivity index (χ1) is 13.1. The van der Waals surface area contributed by atoms with Gasteiger partial charge in [-0.1, -0.05) is 18.2 Å². The van der Waals surface area contributed by atoms with Gasteiger partial charge in [0.25, 0.3) is 5.69 Å². The van der Waals surface area contributed by atoms with Crippen molar-refractivity contribution in [2.45, 2.75) is 6.54 Å². The molecule has 0 N–H and O–H groups in total. The topological polar surface area (TPSA) is 91.2 Å². The number of rotatable bonds is 5. The summed E-state index contributed by atoms with van der Waals surface area (Å²) in [7, 11) is 0. The fraction of sp³-hybridized carbons (Fsp3) is 0.0526. The van der Waals surface area contributed by atoms with Gasteiger partial charge in [0, 0.05) is 23.1 Å². The minimum Gasteiger partial charge on any atom is -0.452 e. The fourth-order valence-electron chi connectivity index (χ4n) is 2.91. The van der Waals surface area contributed by atoms with E-state index < -0.39 is 10.7 Å². The number of non-ortho nitro benzene ring substituents is 1. The van der Waals surface area contributed by atoms with Crippen molar-refractivity contribution in [2.75, 3.05) is 0 Å². The second-order valence-electron chi connectivity index (χ2n) is 5.88. The third kappa shape index (κ3) is 2.97. The Morgan fingerprint density at radius 3 is 2.70 bits per heavy atom. The van der Waals surface area contributed by atoms with Crippen LogP contribution in [-0.4, -0.2) is 21.0 Å². The number of aromatic nitrogens is 2. The van der Waals surface area contributed by atoms with Crippen LogP contribution in [0.25, 0.3) is 22.4 Å². The number of nitro groups is 1. The normalized spacial score (nSPS) is 11.0. The van der Waals surface area contributed by atoms with Crippen molar-refractivity contribution in [2.24, 2.45) is 0 Å². The molecule has 0 radical (unpaired) electrons. The van der Waals surface area contributed by atoms with Crippen LogP contribution < -0.4 is 0 Å². The largest absolute Gasteiger partial charge is 0.452 e. The van der Waals surface area contributed by atoms with Crippen molar-refractivity contribution in [3.63, 3.8) is 0 Å². The van der Waals surface area contributed by atoms with Crippen LogP contribution in [-0.2, 0) is 6.54 Å². The molecule has 4 rings (SSSR count). The first-order valence-corrected chi connectivity index (χ1v) is 8.00. The lowest BCUT2D eigenvalue weighted by atomic mass is 10.1. The van der Waals surface area contributed by atoms with Gasteiger partial charge < -0.3 is 4.42 Å². The monoisotopic (exact) mass is 365 g/mol. The minimum absolute atomic E-state index is 0.0889. The van der Waals surface area contributed by atoms with Crippen molar-refractivity contribution in [3.05, 3.63) is 81.9 Å². The highest BCUT2D eigenvalue weighted by Gasteiger charge is 2.19. The number of halogens is 1. The van der Waals surface area contributed by atoms with E-state index in [0.717, 1.165) is 0 Å². The van der Waals surface area contributed by atoms with Crippen LogP contribution in [0.3, 0.4) is 0 Å². The van der Waals surface area contributed by atoms with Crippen LogP contribution >= 0.6 is 0 Å². The Morgan fingerprint density at radius 1 is 1.19 bits per heavy atom. The number of benzene rings is 2. The van der Waals surface area contributed by atoms with Gasteiger partial charge in [-0.05, 0) is 24.3 Å². The van der Waals surface area contributed by atoms with Gasteiger partial charge in [-0.15, -0.1) is 0 Å². The fourth-order valence-corrected chi connectivity index (χ4v) is 2.91. The molecule has 0 atom stereocenters. The number of hydrogen-bond acceptors (Lipinski definition) is 5. The quantitative estimate of drug-likeness (QED) is 0.300. The zero-order chi connectivity index (χ0) is 19.0. The molecule has 0 saturated heterocycles. The summed E-state index contributed by atoms with van der Waals surface area (Å²) in [6, 6.07) is 13.7. The van der Waals surface area contributed by atoms with E-state index in [9.17, 15) is 19.3 Å². The Labute approximate surface area is 151 Å². The molecule has 27 heavy (non-hydrogen) atoms. The maximum absolute atomic E-state index is 14.1. The number of nitrogens with zero attached hydrogens (tertiary/aromatic N) is 3. The Kier molecular flexibility index (Phi) is 4.00. The van der Waals surface area contributed by atoms with Crippen LogP contribution in [0.2, 0.25) is 0 Å². The van der Waals surface area contributed by atoms with E-state index in [4.69, 9.17) is 4.42 Å². The average Bonchev–Trinajstić information content (AvgIpc) is 3.28. The maximum Gasteiger partial charge on any atom is 0.271 e. The van der Waals surface area contributed by atoms with Crippen LogP contribution in [0.4, 0.5) is 10.1 Å². The second-order valence-corrected chi connectivity index (χ2v) is 5.88. The van der Waals surface area contributed by atoms with E-state index >= 15 is 0 Å². The summed E-state index contributed by atoms with van der Waals surface area (Å²) in [4.78, 5) is 21.5. The summed E-state index contributed by atoms with van der Waals surface area (Å²) in [5, 5.41) is 16.2. The molecule has 134 valence electrons. The number of carbonyl (C=O) groups excluding carboxylic acids is 1. The standard InChI is InChI=1S/C19H12FN3O4/c20-16-4-2-1-3-12(16)10-22-17-9-13(23(25)26)5-7-15(17)19(21-22)18-8-6-14(11-24)27-18/h1-9,11H,10H2. The first-order valence-electron chi connectivity index (χ1n) is 8.00. The molecule has 0 fully saturated rings. The maximum atomic E-state index is 14.1. The average molecular weight is 365 g/mol. The van der Waals surface area contributed by atoms with E-state index in [1.165, 1.54) is 28.9 Å². The molecule has 2 heterocycles. The molecule has 7 nitrogen and oxygen atoms in total. The molecular weight excluding hydrogens is 353 g/mol. The van der Waals surface area contributed by atoms with Gasteiger partial charge in [0.1, 0.15) is 11.5 Å². The zero-order valence-electron chi connectivity index (χ0n) is 13.8. The third-order valence-corrected chi connectivity index (χ3v) is 4.20. The van der Waals surface area contributed by atoms with Gasteiger partial charge in [-0.3, -0.25) is 19.6 Å². The molecule has 0 spiro atoms. The Balaban J connectivity index is 1.90. The minimum atomic E-state index is -0.503. The molecule has 0 amide bonds. The molecule has 0 aliphatic carbocycles. The molecule has 0 unspecified atom stereocenters. The highest BCUT2D eigenvalue weighted by molar-refractivity contribution is 5.93. The van der Waals surface area contributed by atoms with Gasteiger partial charge in [0.05, 0.1) is 17.0 Å². The zero-order valence-corrected chi connectivity index (χ0v) is 13.8. The van der Waals surface area contributed by atoms with Crippen molar-refractivity contribution in [3.8, 4) is 11.5 Å². The predicted octanol–water partition coefficient (Wildman–Crippen LogP) is 4.20. The lowest BCUT2D eigenvalue weighted by Crippen LogP contribution is -2.04. The number of furan rings is 1. The van der Waals surface area contributed by atoms with Crippen molar-refractivity contribution in [1.29, 1.82) is 0 Å². The SMILES string of the molecule is O=Cc1ccc(-c2nn(Cc3ccccc3F)c3cc([N+](=O)[O-])ccc23)o1. The van der Waals surface area contributed by atoms with Crippen molar-refractivity contribution < 1.29 is 18.5 Å². The van der Waals surface area contributed by atoms with Crippen LogP contribution in [0.1, 0.15) is 16.1 Å². The van der Waals surface area contributed by atoms with Gasteiger partial charge in [-0.2, -0.15) is 5.10 Å². The van der Waals surface area contributed by atoms with E-state index in [-0.39, 0.29) is 18.0 Å². The number of nitro benzene ring substituents is 1. The molecule has 2 aromatic heterocycles. The molecule has 2 aromatic carbocycles. The number of aldehydes is 1. The van der Waals surface area contributed by atoms with Gasteiger partial charge in [0.2, 0.25) is 0 Å². The van der Waals surface area contributed by atoms with Crippen molar-refractivity contribution >= 4 is 22.9 Å². The third-order valence-electron chi connectivity index (χ3n) is 4.20. The van der Waals surface area contributed by atoms with E-state index in [1.54, 1.807) is 30.3 Å². The molecule has 4 aromatic rings. The Bertz CT molecular complexity index is 1180. The summed E-state index contributed by atoms with van der Waals surface area (Å²) < 4.78 is 21.0. The molecule has 0 saturated carbocycles. The lowest BCUT2D eigenvalue weighted by Gasteiger charge is -2.05. The highest BCUT2D eigenvalue weighted by atomic mass is 19.1. The predicted molar refractivity (Wildman–Crippen MR) is 95.0 cm³/mol. The molecule has 0 aliphatic rings. The second kappa shape index (κ2) is 6.49. The summed E-state index contributed by atoms with van der Waals surface area (Å²) in [5.74, 6) is 0.0984. The highest BCUT2D eigenvalue weighted by Crippen LogP contribution is 2.32. The number of fused-ring (bicyclic) bond motifs is 1.